The van der Waals surface area contributed by atoms with E-state index in [1.54, 1.807) is 0 Å². The van der Waals surface area contributed by atoms with Crippen LogP contribution < -0.4 is 29.6 Å². The first-order chi connectivity index (χ1) is 5.20. The first kappa shape index (κ1) is 29.2. The number of hydrogen-bond donors (Lipinski definition) is 3. The van der Waals surface area contributed by atoms with Crippen LogP contribution in [0.5, 0.6) is 0 Å². The minimum atomic E-state index is -0.833. The quantitative estimate of drug-likeness (QED) is 0.355. The Balaban J connectivity index is -0.0000000270. The van der Waals surface area contributed by atoms with Gasteiger partial charge in [-0.15, -0.1) is 0 Å². The molecule has 0 amide bonds. The first-order valence-corrected chi connectivity index (χ1v) is 2.78. The number of rotatable bonds is 0. The molecule has 0 heterocycles. The molecule has 0 unspecified atom stereocenters. The summed E-state index contributed by atoms with van der Waals surface area (Å²) in [4.78, 5) is 27.0. The van der Waals surface area contributed by atoms with Gasteiger partial charge in [-0.1, -0.05) is 8.41 Å². The number of carboxylic acids is 3. The van der Waals surface area contributed by atoms with Crippen LogP contribution in [0, 0.1) is 0 Å². The molecule has 0 aliphatic rings. The van der Waals surface area contributed by atoms with E-state index in [9.17, 15) is 0 Å². The second-order valence-electron chi connectivity index (χ2n) is 1.56. The molecule has 14 heavy (non-hydrogen) atoms. The average Bonchev–Trinajstić information content (AvgIpc) is 1.54. The predicted octanol–water partition coefficient (Wildman–Crippen LogP) is -4.17. The molecular formula is C6H16BNaO6. The smallest absolute Gasteiger partial charge is 0.481 e. The van der Waals surface area contributed by atoms with Gasteiger partial charge in [0.25, 0.3) is 17.9 Å². The van der Waals surface area contributed by atoms with Crippen LogP contribution in [0.3, 0.4) is 0 Å². The molecule has 0 saturated heterocycles. The van der Waals surface area contributed by atoms with E-state index in [0.717, 1.165) is 20.8 Å². The summed E-state index contributed by atoms with van der Waals surface area (Å²) in [5.74, 6) is -2.50. The van der Waals surface area contributed by atoms with Crippen LogP contribution in [0.15, 0.2) is 0 Å². The maximum Gasteiger partial charge on any atom is 1.00 e. The van der Waals surface area contributed by atoms with Crippen molar-refractivity contribution in [1.29, 1.82) is 0 Å². The Labute approximate surface area is 106 Å². The molecule has 0 atom stereocenters. The standard InChI is InChI=1S/3C2H4O2.BH4.Na/c3*1-2(3)4;;/h3*1H3,(H,3,4);1H4;/q;;;-1;+1. The molecule has 0 aliphatic carbocycles. The van der Waals surface area contributed by atoms with Gasteiger partial charge in [0, 0.05) is 20.8 Å². The Morgan fingerprint density at radius 3 is 0.714 bits per heavy atom. The normalized spacial score (nSPS) is 5.36. The van der Waals surface area contributed by atoms with Crippen LogP contribution in [-0.2, 0) is 14.4 Å². The molecular weight excluding hydrogens is 202 g/mol. The Hall–Kier alpha value is -0.525. The van der Waals surface area contributed by atoms with Gasteiger partial charge in [0.2, 0.25) is 0 Å². The van der Waals surface area contributed by atoms with Crippen molar-refractivity contribution < 1.29 is 59.3 Å². The van der Waals surface area contributed by atoms with E-state index in [1.165, 1.54) is 0 Å². The van der Waals surface area contributed by atoms with Crippen molar-refractivity contribution in [3.05, 3.63) is 0 Å². The summed E-state index contributed by atoms with van der Waals surface area (Å²) in [6.07, 6.45) is 0. The second kappa shape index (κ2) is 22.9. The van der Waals surface area contributed by atoms with Gasteiger partial charge >= 0.3 is 29.6 Å². The van der Waals surface area contributed by atoms with Crippen LogP contribution in [0.2, 0.25) is 0 Å². The van der Waals surface area contributed by atoms with Crippen molar-refractivity contribution >= 4 is 26.3 Å². The molecule has 0 aromatic carbocycles. The van der Waals surface area contributed by atoms with E-state index in [0.29, 0.717) is 0 Å². The van der Waals surface area contributed by atoms with Gasteiger partial charge in [-0.05, 0) is 0 Å². The van der Waals surface area contributed by atoms with E-state index >= 15 is 0 Å². The maximum absolute atomic E-state index is 9.00. The average molecular weight is 218 g/mol. The van der Waals surface area contributed by atoms with Gasteiger partial charge in [-0.3, -0.25) is 14.4 Å². The number of carboxylic acid groups (broad SMARTS) is 3. The largest absolute Gasteiger partial charge is 1.00 e. The Kier molecular flexibility index (Phi) is 47.7. The van der Waals surface area contributed by atoms with Gasteiger partial charge in [-0.2, -0.15) is 0 Å². The van der Waals surface area contributed by atoms with Crippen molar-refractivity contribution in [2.24, 2.45) is 0 Å². The SMILES string of the molecule is CC(=O)O.CC(=O)O.CC(=O)O.[BH4-].[Na+]. The molecule has 80 valence electrons. The zero-order valence-electron chi connectivity index (χ0n) is 8.07. The van der Waals surface area contributed by atoms with E-state index < -0.39 is 17.9 Å². The molecule has 0 bridgehead atoms. The second-order valence-corrected chi connectivity index (χ2v) is 1.56. The summed E-state index contributed by atoms with van der Waals surface area (Å²) in [7, 11) is 0. The van der Waals surface area contributed by atoms with Crippen molar-refractivity contribution in [3.63, 3.8) is 0 Å². The van der Waals surface area contributed by atoms with E-state index in [1.807, 2.05) is 0 Å². The van der Waals surface area contributed by atoms with Gasteiger partial charge < -0.3 is 15.3 Å². The minimum Gasteiger partial charge on any atom is -0.481 e. The van der Waals surface area contributed by atoms with Crippen molar-refractivity contribution in [1.82, 2.24) is 0 Å². The summed E-state index contributed by atoms with van der Waals surface area (Å²) in [5.41, 5.74) is 0. The monoisotopic (exact) mass is 218 g/mol. The third-order valence-corrected chi connectivity index (χ3v) is 0. The van der Waals surface area contributed by atoms with Crippen molar-refractivity contribution in [2.75, 3.05) is 0 Å². The zero-order chi connectivity index (χ0) is 10.7. The molecule has 0 aromatic rings. The van der Waals surface area contributed by atoms with Crippen LogP contribution in [-0.4, -0.2) is 41.6 Å². The molecule has 0 radical (unpaired) electrons. The van der Waals surface area contributed by atoms with Gasteiger partial charge in [0.15, 0.2) is 0 Å². The van der Waals surface area contributed by atoms with Crippen LogP contribution in [0.25, 0.3) is 0 Å². The fourth-order valence-electron chi connectivity index (χ4n) is 0. The van der Waals surface area contributed by atoms with Crippen molar-refractivity contribution in [3.8, 4) is 0 Å². The van der Waals surface area contributed by atoms with E-state index in [-0.39, 0.29) is 38.0 Å². The number of hydrogen-bond acceptors (Lipinski definition) is 3. The summed E-state index contributed by atoms with van der Waals surface area (Å²) in [5, 5.41) is 22.2. The predicted molar refractivity (Wildman–Crippen MR) is 51.3 cm³/mol. The van der Waals surface area contributed by atoms with Crippen LogP contribution >= 0.6 is 0 Å². The molecule has 0 saturated carbocycles. The molecule has 0 rings (SSSR count). The summed E-state index contributed by atoms with van der Waals surface area (Å²) in [6, 6.07) is 0. The molecule has 3 N–H and O–H groups in total. The molecule has 0 aromatic heterocycles. The number of aliphatic carboxylic acids is 3. The first-order valence-electron chi connectivity index (χ1n) is 2.78. The van der Waals surface area contributed by atoms with Crippen molar-refractivity contribution in [2.45, 2.75) is 20.8 Å². The molecule has 8 heteroatoms. The summed E-state index contributed by atoms with van der Waals surface area (Å²) < 4.78 is 0. The maximum atomic E-state index is 9.00. The Morgan fingerprint density at radius 1 is 0.714 bits per heavy atom. The van der Waals surface area contributed by atoms with E-state index in [2.05, 4.69) is 0 Å². The van der Waals surface area contributed by atoms with Gasteiger partial charge in [0.05, 0.1) is 0 Å². The third kappa shape index (κ3) is 4570. The Bertz CT molecular complexity index is 120. The number of carbonyl (C=O) groups is 3. The Morgan fingerprint density at radius 2 is 0.714 bits per heavy atom. The molecule has 6 nitrogen and oxygen atoms in total. The fraction of sp³-hybridized carbons (Fsp3) is 0.500. The van der Waals surface area contributed by atoms with Gasteiger partial charge in [-0.25, -0.2) is 0 Å². The molecule has 0 aliphatic heterocycles. The molecule has 0 fully saturated rings. The van der Waals surface area contributed by atoms with Crippen LogP contribution in [0.1, 0.15) is 20.8 Å². The van der Waals surface area contributed by atoms with Crippen LogP contribution in [0.4, 0.5) is 0 Å². The minimum absolute atomic E-state index is 0. The van der Waals surface area contributed by atoms with E-state index in [4.69, 9.17) is 29.7 Å². The zero-order valence-corrected chi connectivity index (χ0v) is 10.1. The summed E-state index contributed by atoms with van der Waals surface area (Å²) >= 11 is 0. The topological polar surface area (TPSA) is 112 Å². The third-order valence-electron chi connectivity index (χ3n) is 0. The summed E-state index contributed by atoms with van der Waals surface area (Å²) in [6.45, 7) is 3.25. The fourth-order valence-corrected chi connectivity index (χ4v) is 0. The van der Waals surface area contributed by atoms with Gasteiger partial charge in [0.1, 0.15) is 0 Å². The molecule has 0 spiro atoms.